The molecule has 0 spiro atoms. The monoisotopic (exact) mass is 540 g/mol. The van der Waals surface area contributed by atoms with Gasteiger partial charge in [0, 0.05) is 30.2 Å². The molecule has 0 aromatic carbocycles. The van der Waals surface area contributed by atoms with Crippen molar-refractivity contribution in [2.45, 2.75) is 39.4 Å². The number of carbonyl (C=O) groups is 1. The summed E-state index contributed by atoms with van der Waals surface area (Å²) in [7, 11) is 0. The third-order valence-corrected chi connectivity index (χ3v) is 6.98. The molecule has 0 unspecified atom stereocenters. The molecule has 0 radical (unpaired) electrons. The van der Waals surface area contributed by atoms with Gasteiger partial charge in [-0.2, -0.15) is 23.4 Å². The van der Waals surface area contributed by atoms with E-state index in [1.165, 1.54) is 17.4 Å². The van der Waals surface area contributed by atoms with Crippen LogP contribution in [0.5, 0.6) is 0 Å². The van der Waals surface area contributed by atoms with E-state index in [0.29, 0.717) is 28.9 Å². The second-order valence-electron chi connectivity index (χ2n) is 7.38. The standard InChI is InChI=1S/C21H20BrF3N6OS/c1-3-13-5-6-17(33-13)15-9-18(21(23,24)25)31-19(27-15)10-16(29-31)20(32)26-7-4-8-30-11-14(22)12(2)28-30/h5-6,9-11H,3-4,7-8H2,1-2H3,(H,26,32). The Hall–Kier alpha value is -2.73. The zero-order chi connectivity index (χ0) is 23.8. The number of aromatic nitrogens is 5. The summed E-state index contributed by atoms with van der Waals surface area (Å²) >= 11 is 4.78. The van der Waals surface area contributed by atoms with Crippen LogP contribution in [0.1, 0.15) is 40.1 Å². The number of rotatable bonds is 7. The summed E-state index contributed by atoms with van der Waals surface area (Å²) in [5, 5.41) is 10.9. The van der Waals surface area contributed by atoms with Crippen molar-refractivity contribution < 1.29 is 18.0 Å². The van der Waals surface area contributed by atoms with Crippen molar-refractivity contribution in [1.29, 1.82) is 0 Å². The van der Waals surface area contributed by atoms with Gasteiger partial charge in [-0.05, 0) is 53.9 Å². The lowest BCUT2D eigenvalue weighted by atomic mass is 10.2. The summed E-state index contributed by atoms with van der Waals surface area (Å²) in [5.74, 6) is -0.558. The van der Waals surface area contributed by atoms with Crippen molar-refractivity contribution in [3.63, 3.8) is 0 Å². The number of alkyl halides is 3. The molecule has 174 valence electrons. The predicted molar refractivity (Wildman–Crippen MR) is 122 cm³/mol. The van der Waals surface area contributed by atoms with E-state index in [1.807, 2.05) is 26.1 Å². The largest absolute Gasteiger partial charge is 0.433 e. The van der Waals surface area contributed by atoms with Gasteiger partial charge in [0.05, 0.1) is 20.7 Å². The summed E-state index contributed by atoms with van der Waals surface area (Å²) < 4.78 is 44.5. The first kappa shape index (κ1) is 23.4. The van der Waals surface area contributed by atoms with E-state index < -0.39 is 17.8 Å². The average Bonchev–Trinajstić information content (AvgIpc) is 3.48. The summed E-state index contributed by atoms with van der Waals surface area (Å²) in [6.07, 6.45) is -1.43. The maximum absolute atomic E-state index is 13.7. The first-order valence-electron chi connectivity index (χ1n) is 10.2. The Morgan fingerprint density at radius 2 is 2.03 bits per heavy atom. The quantitative estimate of drug-likeness (QED) is 0.330. The van der Waals surface area contributed by atoms with Gasteiger partial charge in [0.1, 0.15) is 0 Å². The average molecular weight is 541 g/mol. The number of aryl methyl sites for hydroxylation is 3. The van der Waals surface area contributed by atoms with E-state index in [4.69, 9.17) is 0 Å². The van der Waals surface area contributed by atoms with E-state index >= 15 is 0 Å². The minimum absolute atomic E-state index is 0.0340. The normalized spacial score (nSPS) is 11.9. The molecule has 1 N–H and O–H groups in total. The molecule has 0 aliphatic rings. The van der Waals surface area contributed by atoms with Crippen molar-refractivity contribution in [1.82, 2.24) is 29.7 Å². The smallest absolute Gasteiger partial charge is 0.351 e. The number of thiophene rings is 1. The second-order valence-corrected chi connectivity index (χ2v) is 9.40. The number of fused-ring (bicyclic) bond motifs is 1. The summed E-state index contributed by atoms with van der Waals surface area (Å²) in [5.41, 5.74) is -0.0687. The lowest BCUT2D eigenvalue weighted by Gasteiger charge is -2.10. The molecule has 0 saturated carbocycles. The third-order valence-electron chi connectivity index (χ3n) is 4.95. The second kappa shape index (κ2) is 9.26. The maximum Gasteiger partial charge on any atom is 0.433 e. The van der Waals surface area contributed by atoms with Crippen molar-refractivity contribution in [3.05, 3.63) is 56.9 Å². The molecule has 4 rings (SSSR count). The van der Waals surface area contributed by atoms with Crippen LogP contribution in [-0.4, -0.2) is 36.8 Å². The van der Waals surface area contributed by atoms with Gasteiger partial charge < -0.3 is 5.32 Å². The first-order valence-corrected chi connectivity index (χ1v) is 11.8. The maximum atomic E-state index is 13.7. The number of hydrogen-bond donors (Lipinski definition) is 1. The fraction of sp³-hybridized carbons (Fsp3) is 0.333. The highest BCUT2D eigenvalue weighted by molar-refractivity contribution is 9.10. The molecule has 0 fully saturated rings. The van der Waals surface area contributed by atoms with E-state index in [9.17, 15) is 18.0 Å². The summed E-state index contributed by atoms with van der Waals surface area (Å²) in [6, 6.07) is 5.87. The van der Waals surface area contributed by atoms with Crippen molar-refractivity contribution in [2.75, 3.05) is 6.54 Å². The van der Waals surface area contributed by atoms with Gasteiger partial charge in [0.25, 0.3) is 5.91 Å². The predicted octanol–water partition coefficient (Wildman–Crippen LogP) is 5.13. The highest BCUT2D eigenvalue weighted by atomic mass is 79.9. The van der Waals surface area contributed by atoms with Crippen LogP contribution in [0, 0.1) is 6.92 Å². The molecule has 4 aromatic rings. The lowest BCUT2D eigenvalue weighted by Crippen LogP contribution is -2.26. The fourth-order valence-electron chi connectivity index (χ4n) is 3.26. The Morgan fingerprint density at radius 1 is 1.24 bits per heavy atom. The minimum atomic E-state index is -4.66. The van der Waals surface area contributed by atoms with Crippen molar-refractivity contribution in [3.8, 4) is 10.6 Å². The summed E-state index contributed by atoms with van der Waals surface area (Å²) in [6.45, 7) is 4.76. The number of nitrogens with zero attached hydrogens (tertiary/aromatic N) is 5. The van der Waals surface area contributed by atoms with Crippen LogP contribution in [0.3, 0.4) is 0 Å². The minimum Gasteiger partial charge on any atom is -0.351 e. The molecule has 0 atom stereocenters. The highest BCUT2D eigenvalue weighted by Crippen LogP contribution is 2.34. The van der Waals surface area contributed by atoms with Gasteiger partial charge in [-0.3, -0.25) is 9.48 Å². The van der Waals surface area contributed by atoms with Crippen LogP contribution in [0.4, 0.5) is 13.2 Å². The van der Waals surface area contributed by atoms with Gasteiger partial charge in [-0.1, -0.05) is 6.92 Å². The molecular weight excluding hydrogens is 521 g/mol. The molecule has 4 aromatic heterocycles. The molecular formula is C21H20BrF3N6OS. The van der Waals surface area contributed by atoms with Crippen LogP contribution in [0.25, 0.3) is 16.2 Å². The molecule has 12 heteroatoms. The summed E-state index contributed by atoms with van der Waals surface area (Å²) in [4.78, 5) is 18.5. The Kier molecular flexibility index (Phi) is 6.57. The molecule has 4 heterocycles. The van der Waals surface area contributed by atoms with Gasteiger partial charge in [0.15, 0.2) is 17.0 Å². The zero-order valence-electron chi connectivity index (χ0n) is 17.8. The van der Waals surface area contributed by atoms with E-state index in [1.54, 1.807) is 10.7 Å². The molecule has 0 aliphatic heterocycles. The van der Waals surface area contributed by atoms with Crippen LogP contribution in [0.2, 0.25) is 0 Å². The van der Waals surface area contributed by atoms with Crippen molar-refractivity contribution >= 4 is 38.8 Å². The SMILES string of the molecule is CCc1ccc(-c2cc(C(F)(F)F)n3nc(C(=O)NCCCn4cc(Br)c(C)n4)cc3n2)s1. The molecule has 0 aliphatic carbocycles. The number of amides is 1. The first-order chi connectivity index (χ1) is 15.7. The molecule has 0 saturated heterocycles. The molecule has 7 nitrogen and oxygen atoms in total. The number of nitrogens with one attached hydrogen (secondary N) is 1. The van der Waals surface area contributed by atoms with Gasteiger partial charge in [-0.15, -0.1) is 11.3 Å². The van der Waals surface area contributed by atoms with Crippen LogP contribution < -0.4 is 5.32 Å². The highest BCUT2D eigenvalue weighted by Gasteiger charge is 2.35. The fourth-order valence-corrected chi connectivity index (χ4v) is 4.48. The molecule has 1 amide bonds. The molecule has 0 bridgehead atoms. The van der Waals surface area contributed by atoms with Crippen LogP contribution in [-0.2, 0) is 19.1 Å². The van der Waals surface area contributed by atoms with Gasteiger partial charge in [-0.25, -0.2) is 9.50 Å². The number of hydrogen-bond acceptors (Lipinski definition) is 5. The Labute approximate surface area is 199 Å². The molecule has 33 heavy (non-hydrogen) atoms. The van der Waals surface area contributed by atoms with Gasteiger partial charge in [0.2, 0.25) is 0 Å². The van der Waals surface area contributed by atoms with Crippen molar-refractivity contribution in [2.24, 2.45) is 0 Å². The third kappa shape index (κ3) is 5.11. The number of carbonyl (C=O) groups excluding carboxylic acids is 1. The Bertz CT molecular complexity index is 1290. The Balaban J connectivity index is 1.53. The lowest BCUT2D eigenvalue weighted by molar-refractivity contribution is -0.142. The van der Waals surface area contributed by atoms with Crippen LogP contribution in [0.15, 0.2) is 34.9 Å². The zero-order valence-corrected chi connectivity index (χ0v) is 20.2. The van der Waals surface area contributed by atoms with E-state index in [-0.39, 0.29) is 17.0 Å². The Morgan fingerprint density at radius 3 is 2.67 bits per heavy atom. The van der Waals surface area contributed by atoms with Gasteiger partial charge >= 0.3 is 6.18 Å². The van der Waals surface area contributed by atoms with E-state index in [0.717, 1.165) is 27.5 Å². The van der Waals surface area contributed by atoms with E-state index in [2.05, 4.69) is 36.4 Å². The number of halogens is 4. The van der Waals surface area contributed by atoms with Crippen LogP contribution >= 0.6 is 27.3 Å². The topological polar surface area (TPSA) is 77.1 Å².